The number of carbonyl (C=O) groups excluding carboxylic acids is 1. The molecule has 1 heterocycles. The molecule has 0 bridgehead atoms. The Kier molecular flexibility index (Phi) is 4.04. The fraction of sp³-hybridized carbons (Fsp3) is 0.214. The van der Waals surface area contributed by atoms with Gasteiger partial charge in [-0.3, -0.25) is 9.48 Å². The Balaban J connectivity index is 2.32. The predicted octanol–water partition coefficient (Wildman–Crippen LogP) is 2.06. The predicted molar refractivity (Wildman–Crippen MR) is 82.9 cm³/mol. The smallest absolute Gasteiger partial charge is 0.259 e. The van der Waals surface area contributed by atoms with Gasteiger partial charge in [0.15, 0.2) is 0 Å². The van der Waals surface area contributed by atoms with Gasteiger partial charge in [0.1, 0.15) is 10.8 Å². The standard InChI is InChI=1S/C14H15FN4OS/c1-7-12(8(2)19(3)18-7)14(20)17-9-4-5-11(15)10(6-9)13(16)21/h4-6H,1-3H3,(H2,16,21)(H,17,20). The zero-order chi connectivity index (χ0) is 15.7. The van der Waals surface area contributed by atoms with Gasteiger partial charge in [0, 0.05) is 24.0 Å². The number of nitrogens with zero attached hydrogens (tertiary/aromatic N) is 2. The van der Waals surface area contributed by atoms with Crippen molar-refractivity contribution in [1.29, 1.82) is 0 Å². The fourth-order valence-corrected chi connectivity index (χ4v) is 2.24. The highest BCUT2D eigenvalue weighted by atomic mass is 32.1. The zero-order valence-electron chi connectivity index (χ0n) is 11.9. The molecule has 1 aromatic carbocycles. The van der Waals surface area contributed by atoms with Crippen LogP contribution in [0.3, 0.4) is 0 Å². The molecule has 1 amide bonds. The molecule has 0 aliphatic carbocycles. The lowest BCUT2D eigenvalue weighted by Gasteiger charge is -2.08. The number of anilines is 1. The summed E-state index contributed by atoms with van der Waals surface area (Å²) in [5.74, 6) is -0.826. The summed E-state index contributed by atoms with van der Waals surface area (Å²) in [7, 11) is 1.77. The number of carbonyl (C=O) groups is 1. The average molecular weight is 306 g/mol. The second-order valence-corrected chi connectivity index (χ2v) is 5.12. The number of thiocarbonyl (C=S) groups is 1. The molecule has 7 heteroatoms. The monoisotopic (exact) mass is 306 g/mol. The Bertz CT molecular complexity index is 739. The molecule has 0 spiro atoms. The first-order chi connectivity index (χ1) is 9.81. The summed E-state index contributed by atoms with van der Waals surface area (Å²) in [5.41, 5.74) is 7.84. The first-order valence-corrected chi connectivity index (χ1v) is 6.63. The first-order valence-electron chi connectivity index (χ1n) is 6.22. The van der Waals surface area contributed by atoms with Gasteiger partial charge in [0.25, 0.3) is 5.91 Å². The molecule has 0 atom stereocenters. The molecule has 0 radical (unpaired) electrons. The van der Waals surface area contributed by atoms with Crippen LogP contribution in [-0.2, 0) is 7.05 Å². The van der Waals surface area contributed by atoms with E-state index in [0.29, 0.717) is 16.9 Å². The van der Waals surface area contributed by atoms with Crippen LogP contribution < -0.4 is 11.1 Å². The molecule has 2 aromatic rings. The summed E-state index contributed by atoms with van der Waals surface area (Å²) < 4.78 is 15.2. The Morgan fingerprint density at radius 2 is 2.10 bits per heavy atom. The van der Waals surface area contributed by atoms with Crippen LogP contribution in [-0.4, -0.2) is 20.7 Å². The lowest BCUT2D eigenvalue weighted by Crippen LogP contribution is -2.16. The van der Waals surface area contributed by atoms with Crippen LogP contribution in [0.5, 0.6) is 0 Å². The lowest BCUT2D eigenvalue weighted by atomic mass is 10.1. The fourth-order valence-electron chi connectivity index (χ4n) is 2.09. The van der Waals surface area contributed by atoms with Gasteiger partial charge in [0.05, 0.1) is 11.3 Å². The number of nitrogens with one attached hydrogen (secondary N) is 1. The van der Waals surface area contributed by atoms with Gasteiger partial charge in [-0.05, 0) is 32.0 Å². The number of aromatic nitrogens is 2. The molecule has 5 nitrogen and oxygen atoms in total. The van der Waals surface area contributed by atoms with Crippen LogP contribution in [0.1, 0.15) is 27.3 Å². The highest BCUT2D eigenvalue weighted by Crippen LogP contribution is 2.18. The van der Waals surface area contributed by atoms with E-state index in [1.807, 2.05) is 0 Å². The Labute approximate surface area is 126 Å². The van der Waals surface area contributed by atoms with Gasteiger partial charge in [-0.2, -0.15) is 5.10 Å². The van der Waals surface area contributed by atoms with Crippen LogP contribution in [0, 0.1) is 19.7 Å². The number of aryl methyl sites for hydroxylation is 2. The first kappa shape index (κ1) is 15.1. The van der Waals surface area contributed by atoms with E-state index in [0.717, 1.165) is 5.69 Å². The van der Waals surface area contributed by atoms with Gasteiger partial charge in [-0.25, -0.2) is 4.39 Å². The summed E-state index contributed by atoms with van der Waals surface area (Å²) in [6, 6.07) is 4.08. The van der Waals surface area contributed by atoms with Crippen molar-refractivity contribution in [1.82, 2.24) is 9.78 Å². The topological polar surface area (TPSA) is 72.9 Å². The summed E-state index contributed by atoms with van der Waals surface area (Å²) in [6.45, 7) is 3.56. The van der Waals surface area contributed by atoms with Crippen LogP contribution in [0.2, 0.25) is 0 Å². The minimum absolute atomic E-state index is 0.0580. The third-order valence-corrected chi connectivity index (χ3v) is 3.45. The summed E-state index contributed by atoms with van der Waals surface area (Å²) in [6.07, 6.45) is 0. The molecule has 0 aliphatic rings. The van der Waals surface area contributed by atoms with E-state index in [4.69, 9.17) is 18.0 Å². The van der Waals surface area contributed by atoms with Crippen molar-refractivity contribution in [2.75, 3.05) is 5.32 Å². The van der Waals surface area contributed by atoms with Crippen LogP contribution in [0.4, 0.5) is 10.1 Å². The highest BCUT2D eigenvalue weighted by Gasteiger charge is 2.18. The van der Waals surface area contributed by atoms with Crippen molar-refractivity contribution in [3.05, 3.63) is 46.5 Å². The van der Waals surface area contributed by atoms with E-state index in [9.17, 15) is 9.18 Å². The molecule has 21 heavy (non-hydrogen) atoms. The van der Waals surface area contributed by atoms with Gasteiger partial charge in [-0.1, -0.05) is 12.2 Å². The molecule has 1 aromatic heterocycles. The molecule has 0 unspecified atom stereocenters. The van der Waals surface area contributed by atoms with E-state index >= 15 is 0 Å². The Morgan fingerprint density at radius 3 is 2.62 bits per heavy atom. The quantitative estimate of drug-likeness (QED) is 0.851. The maximum atomic E-state index is 13.5. The van der Waals surface area contributed by atoms with Crippen molar-refractivity contribution in [3.63, 3.8) is 0 Å². The van der Waals surface area contributed by atoms with Gasteiger partial charge in [-0.15, -0.1) is 0 Å². The maximum Gasteiger partial charge on any atom is 0.259 e. The molecule has 0 saturated heterocycles. The maximum absolute atomic E-state index is 13.5. The number of rotatable bonds is 3. The number of benzene rings is 1. The van der Waals surface area contributed by atoms with Crippen LogP contribution >= 0.6 is 12.2 Å². The summed E-state index contributed by atoms with van der Waals surface area (Å²) in [5, 5.41) is 6.89. The largest absolute Gasteiger partial charge is 0.389 e. The van der Waals surface area contributed by atoms with E-state index in [2.05, 4.69) is 10.4 Å². The average Bonchev–Trinajstić information content (AvgIpc) is 2.65. The number of hydrogen-bond acceptors (Lipinski definition) is 3. The highest BCUT2D eigenvalue weighted by molar-refractivity contribution is 7.80. The molecular weight excluding hydrogens is 291 g/mol. The second kappa shape index (κ2) is 5.61. The van der Waals surface area contributed by atoms with E-state index in [1.54, 1.807) is 25.6 Å². The number of halogens is 1. The lowest BCUT2D eigenvalue weighted by molar-refractivity contribution is 0.102. The van der Waals surface area contributed by atoms with E-state index < -0.39 is 5.82 Å². The third-order valence-electron chi connectivity index (χ3n) is 3.23. The SMILES string of the molecule is Cc1nn(C)c(C)c1C(=O)Nc1ccc(F)c(C(N)=S)c1. The molecule has 2 rings (SSSR count). The number of nitrogens with two attached hydrogens (primary N) is 1. The zero-order valence-corrected chi connectivity index (χ0v) is 12.7. The van der Waals surface area contributed by atoms with Crippen LogP contribution in [0.25, 0.3) is 0 Å². The number of amides is 1. The molecule has 0 fully saturated rings. The van der Waals surface area contributed by atoms with Crippen molar-refractivity contribution in [2.24, 2.45) is 12.8 Å². The molecule has 110 valence electrons. The van der Waals surface area contributed by atoms with Crippen LogP contribution in [0.15, 0.2) is 18.2 Å². The minimum Gasteiger partial charge on any atom is -0.389 e. The van der Waals surface area contributed by atoms with Gasteiger partial charge in [0.2, 0.25) is 0 Å². The Morgan fingerprint density at radius 1 is 1.43 bits per heavy atom. The van der Waals surface area contributed by atoms with Gasteiger partial charge < -0.3 is 11.1 Å². The summed E-state index contributed by atoms with van der Waals surface area (Å²) >= 11 is 4.77. The minimum atomic E-state index is -0.519. The van der Waals surface area contributed by atoms with E-state index in [1.165, 1.54) is 18.2 Å². The Hall–Kier alpha value is -2.28. The molecule has 0 aliphatic heterocycles. The normalized spacial score (nSPS) is 10.5. The van der Waals surface area contributed by atoms with Gasteiger partial charge >= 0.3 is 0 Å². The van der Waals surface area contributed by atoms with Crippen molar-refractivity contribution < 1.29 is 9.18 Å². The second-order valence-electron chi connectivity index (χ2n) is 4.68. The molecule has 0 saturated carbocycles. The third kappa shape index (κ3) is 2.92. The van der Waals surface area contributed by atoms with E-state index in [-0.39, 0.29) is 16.5 Å². The summed E-state index contributed by atoms with van der Waals surface area (Å²) in [4.78, 5) is 12.3. The molecular formula is C14H15FN4OS. The number of hydrogen-bond donors (Lipinski definition) is 2. The molecule has 3 N–H and O–H groups in total. The van der Waals surface area contributed by atoms with Crippen molar-refractivity contribution in [3.8, 4) is 0 Å². The van der Waals surface area contributed by atoms with Crippen molar-refractivity contribution >= 4 is 28.8 Å². The van der Waals surface area contributed by atoms with Crippen molar-refractivity contribution in [2.45, 2.75) is 13.8 Å².